The molecular weight excluding hydrogens is 335 g/mol. The number of amides is 1. The summed E-state index contributed by atoms with van der Waals surface area (Å²) in [6.45, 7) is 3.83. The number of carbonyl (C=O) groups excluding carboxylic acids is 1. The van der Waals surface area contributed by atoms with Gasteiger partial charge in [-0.1, -0.05) is 23.2 Å². The van der Waals surface area contributed by atoms with Gasteiger partial charge in [0, 0.05) is 18.1 Å². The van der Waals surface area contributed by atoms with E-state index in [1.54, 1.807) is 19.9 Å². The van der Waals surface area contributed by atoms with Crippen LogP contribution in [0, 0.1) is 13.8 Å². The highest BCUT2D eigenvalue weighted by atomic mass is 35.5. The second-order valence-corrected chi connectivity index (χ2v) is 7.65. The maximum absolute atomic E-state index is 12.8. The Balaban J connectivity index is 2.56. The van der Waals surface area contributed by atoms with E-state index in [-0.39, 0.29) is 28.9 Å². The average Bonchev–Trinajstić information content (AvgIpc) is 2.61. The van der Waals surface area contributed by atoms with Crippen LogP contribution in [-0.2, 0) is 14.8 Å². The van der Waals surface area contributed by atoms with E-state index in [0.717, 1.165) is 4.31 Å². The van der Waals surface area contributed by atoms with Gasteiger partial charge in [0.15, 0.2) is 0 Å². The second-order valence-electron chi connectivity index (χ2n) is 4.99. The zero-order valence-electron chi connectivity index (χ0n) is 11.7. The van der Waals surface area contributed by atoms with Crippen LogP contribution in [0.25, 0.3) is 0 Å². The molecule has 1 saturated heterocycles. The van der Waals surface area contributed by atoms with E-state index in [4.69, 9.17) is 23.2 Å². The standard InChI is InChI=1S/C13H16Cl2N2O3S/c1-8-6-10(14)9(2)13(12(8)15)21(19,20)17-5-3-4-16-11(18)7-17/h6H,3-5,7H2,1-2H3,(H,16,18). The van der Waals surface area contributed by atoms with Gasteiger partial charge in [0.1, 0.15) is 4.90 Å². The lowest BCUT2D eigenvalue weighted by molar-refractivity contribution is -0.120. The summed E-state index contributed by atoms with van der Waals surface area (Å²) < 4.78 is 26.8. The topological polar surface area (TPSA) is 66.5 Å². The summed E-state index contributed by atoms with van der Waals surface area (Å²) in [4.78, 5) is 11.6. The van der Waals surface area contributed by atoms with E-state index >= 15 is 0 Å². The molecule has 0 unspecified atom stereocenters. The average molecular weight is 351 g/mol. The number of sulfonamides is 1. The molecule has 0 aliphatic carbocycles. The Hall–Kier alpha value is -0.820. The Kier molecular flexibility index (Phi) is 4.82. The Morgan fingerprint density at radius 3 is 2.62 bits per heavy atom. The zero-order valence-corrected chi connectivity index (χ0v) is 14.1. The molecule has 1 aliphatic heterocycles. The molecule has 1 aromatic rings. The van der Waals surface area contributed by atoms with Gasteiger partial charge in [0.05, 0.1) is 11.6 Å². The van der Waals surface area contributed by atoms with E-state index in [2.05, 4.69) is 5.32 Å². The third kappa shape index (κ3) is 3.18. The summed E-state index contributed by atoms with van der Waals surface area (Å²) in [5.74, 6) is -0.316. The van der Waals surface area contributed by atoms with Crippen molar-refractivity contribution in [1.29, 1.82) is 0 Å². The van der Waals surface area contributed by atoms with Crippen LogP contribution >= 0.6 is 23.2 Å². The Bertz CT molecular complexity index is 663. The minimum Gasteiger partial charge on any atom is -0.355 e. The van der Waals surface area contributed by atoms with Gasteiger partial charge in [-0.05, 0) is 37.5 Å². The number of benzene rings is 1. The molecule has 1 aromatic carbocycles. The summed E-state index contributed by atoms with van der Waals surface area (Å²) in [7, 11) is -3.87. The molecule has 1 amide bonds. The van der Waals surface area contributed by atoms with Gasteiger partial charge < -0.3 is 5.32 Å². The molecule has 0 saturated carbocycles. The molecule has 21 heavy (non-hydrogen) atoms. The lowest BCUT2D eigenvalue weighted by Gasteiger charge is -2.22. The molecule has 0 aromatic heterocycles. The molecule has 116 valence electrons. The van der Waals surface area contributed by atoms with Crippen molar-refractivity contribution in [3.05, 3.63) is 27.2 Å². The van der Waals surface area contributed by atoms with Gasteiger partial charge in [-0.2, -0.15) is 4.31 Å². The molecule has 1 heterocycles. The number of nitrogens with zero attached hydrogens (tertiary/aromatic N) is 1. The summed E-state index contributed by atoms with van der Waals surface area (Å²) in [5, 5.41) is 3.14. The number of hydrogen-bond donors (Lipinski definition) is 1. The number of hydrogen-bond acceptors (Lipinski definition) is 3. The first-order chi connectivity index (χ1) is 9.75. The van der Waals surface area contributed by atoms with Crippen molar-refractivity contribution in [3.8, 4) is 0 Å². The Morgan fingerprint density at radius 2 is 1.95 bits per heavy atom. The molecule has 0 spiro atoms. The quantitative estimate of drug-likeness (QED) is 0.888. The summed E-state index contributed by atoms with van der Waals surface area (Å²) >= 11 is 12.3. The van der Waals surface area contributed by atoms with Crippen LogP contribution in [0.5, 0.6) is 0 Å². The fourth-order valence-electron chi connectivity index (χ4n) is 2.23. The van der Waals surface area contributed by atoms with Crippen LogP contribution in [0.3, 0.4) is 0 Å². The minimum atomic E-state index is -3.87. The normalized spacial score (nSPS) is 17.4. The van der Waals surface area contributed by atoms with Crippen LogP contribution in [-0.4, -0.2) is 38.3 Å². The summed E-state index contributed by atoms with van der Waals surface area (Å²) in [5.41, 5.74) is 0.988. The third-order valence-corrected chi connectivity index (χ3v) is 6.42. The monoisotopic (exact) mass is 350 g/mol. The predicted octanol–water partition coefficient (Wildman–Crippen LogP) is 2.12. The summed E-state index contributed by atoms with van der Waals surface area (Å²) in [6, 6.07) is 1.63. The van der Waals surface area contributed by atoms with Crippen LogP contribution < -0.4 is 5.32 Å². The van der Waals surface area contributed by atoms with Gasteiger partial charge in [-0.25, -0.2) is 8.42 Å². The largest absolute Gasteiger partial charge is 0.355 e. The van der Waals surface area contributed by atoms with E-state index in [9.17, 15) is 13.2 Å². The van der Waals surface area contributed by atoms with Crippen molar-refractivity contribution in [2.24, 2.45) is 0 Å². The van der Waals surface area contributed by atoms with Gasteiger partial charge in [0.25, 0.3) is 0 Å². The first kappa shape index (κ1) is 16.5. The highest BCUT2D eigenvalue weighted by Gasteiger charge is 2.32. The van der Waals surface area contributed by atoms with Crippen molar-refractivity contribution in [2.45, 2.75) is 25.2 Å². The summed E-state index contributed by atoms with van der Waals surface area (Å²) in [6.07, 6.45) is 0.557. The molecule has 5 nitrogen and oxygen atoms in total. The van der Waals surface area contributed by atoms with Gasteiger partial charge in [-0.15, -0.1) is 0 Å². The third-order valence-electron chi connectivity index (χ3n) is 3.41. The first-order valence-electron chi connectivity index (χ1n) is 6.47. The SMILES string of the molecule is Cc1cc(Cl)c(C)c(S(=O)(=O)N2CCCNC(=O)C2)c1Cl. The van der Waals surface area contributed by atoms with Crippen LogP contribution in [0.2, 0.25) is 10.0 Å². The number of rotatable bonds is 2. The molecule has 8 heteroatoms. The van der Waals surface area contributed by atoms with Crippen LogP contribution in [0.15, 0.2) is 11.0 Å². The predicted molar refractivity (Wildman–Crippen MR) is 82.3 cm³/mol. The highest BCUT2D eigenvalue weighted by molar-refractivity contribution is 7.89. The molecule has 0 atom stereocenters. The number of halogens is 2. The van der Waals surface area contributed by atoms with Crippen LogP contribution in [0.1, 0.15) is 17.5 Å². The van der Waals surface area contributed by atoms with Crippen molar-refractivity contribution in [2.75, 3.05) is 19.6 Å². The van der Waals surface area contributed by atoms with Gasteiger partial charge in [-0.3, -0.25) is 4.79 Å². The molecule has 1 N–H and O–H groups in total. The maximum atomic E-state index is 12.8. The second kappa shape index (κ2) is 6.12. The first-order valence-corrected chi connectivity index (χ1v) is 8.67. The fraction of sp³-hybridized carbons (Fsp3) is 0.462. The molecule has 2 rings (SSSR count). The van der Waals surface area contributed by atoms with E-state index in [1.165, 1.54) is 0 Å². The lowest BCUT2D eigenvalue weighted by Crippen LogP contribution is -2.37. The van der Waals surface area contributed by atoms with Crippen molar-refractivity contribution < 1.29 is 13.2 Å². The maximum Gasteiger partial charge on any atom is 0.245 e. The number of nitrogens with one attached hydrogen (secondary N) is 1. The van der Waals surface area contributed by atoms with E-state index in [0.29, 0.717) is 29.1 Å². The molecule has 0 bridgehead atoms. The molecular formula is C13H16Cl2N2O3S. The molecule has 1 fully saturated rings. The zero-order chi connectivity index (χ0) is 15.8. The van der Waals surface area contributed by atoms with Crippen molar-refractivity contribution in [3.63, 3.8) is 0 Å². The van der Waals surface area contributed by atoms with Crippen molar-refractivity contribution >= 4 is 39.1 Å². The van der Waals surface area contributed by atoms with Crippen molar-refractivity contribution in [1.82, 2.24) is 9.62 Å². The van der Waals surface area contributed by atoms with Crippen LogP contribution in [0.4, 0.5) is 0 Å². The number of aryl methyl sites for hydroxylation is 1. The van der Waals surface area contributed by atoms with E-state index < -0.39 is 10.0 Å². The molecule has 1 aliphatic rings. The van der Waals surface area contributed by atoms with E-state index in [1.807, 2.05) is 0 Å². The smallest absolute Gasteiger partial charge is 0.245 e. The van der Waals surface area contributed by atoms with Gasteiger partial charge >= 0.3 is 0 Å². The molecule has 0 radical (unpaired) electrons. The van der Waals surface area contributed by atoms with Gasteiger partial charge in [0.2, 0.25) is 15.9 Å². The fourth-order valence-corrected chi connectivity index (χ4v) is 4.84. The Labute approximate surface area is 134 Å². The highest BCUT2D eigenvalue weighted by Crippen LogP contribution is 2.35. The number of carbonyl (C=O) groups is 1. The lowest BCUT2D eigenvalue weighted by atomic mass is 10.2. The Morgan fingerprint density at radius 1 is 1.29 bits per heavy atom. The minimum absolute atomic E-state index is 0.0103.